The fraction of sp³-hybridized carbons (Fsp3) is 0.500. The molecule has 2 rings (SSSR count). The second-order valence-corrected chi connectivity index (χ2v) is 7.60. The zero-order valence-corrected chi connectivity index (χ0v) is 17.4. The average Bonchev–Trinajstić information content (AvgIpc) is 3.01. The summed E-state index contributed by atoms with van der Waals surface area (Å²) in [7, 11) is 3.19. The summed E-state index contributed by atoms with van der Waals surface area (Å²) in [4.78, 5) is 16.4. The smallest absolute Gasteiger partial charge is 0.230 e. The molecule has 0 saturated heterocycles. The van der Waals surface area contributed by atoms with Gasteiger partial charge < -0.3 is 19.2 Å². The Morgan fingerprint density at radius 3 is 2.67 bits per heavy atom. The number of aryl methyl sites for hydroxylation is 1. The minimum atomic E-state index is 0.0573. The number of rotatable bonds is 10. The van der Waals surface area contributed by atoms with Crippen LogP contribution in [0.3, 0.4) is 0 Å². The van der Waals surface area contributed by atoms with Crippen molar-refractivity contribution < 1.29 is 18.7 Å². The Bertz CT molecular complexity index is 758. The van der Waals surface area contributed by atoms with Gasteiger partial charge in [0.2, 0.25) is 11.8 Å². The van der Waals surface area contributed by atoms with E-state index in [0.717, 1.165) is 30.0 Å². The van der Waals surface area contributed by atoms with Crippen molar-refractivity contribution in [1.82, 2.24) is 10.3 Å². The number of oxazole rings is 1. The van der Waals surface area contributed by atoms with Gasteiger partial charge in [-0.15, -0.1) is 11.8 Å². The van der Waals surface area contributed by atoms with Crippen molar-refractivity contribution in [2.75, 3.05) is 26.5 Å². The number of methoxy groups -OCH3 is 2. The predicted octanol–water partition coefficient (Wildman–Crippen LogP) is 4.06. The molecule has 0 aliphatic heterocycles. The summed E-state index contributed by atoms with van der Waals surface area (Å²) in [5, 5.41) is 2.94. The van der Waals surface area contributed by atoms with Crippen molar-refractivity contribution in [3.8, 4) is 23.0 Å². The molecule has 0 unspecified atom stereocenters. The van der Waals surface area contributed by atoms with Gasteiger partial charge in [0.05, 0.1) is 25.7 Å². The Morgan fingerprint density at radius 1 is 1.26 bits per heavy atom. The van der Waals surface area contributed by atoms with E-state index in [1.54, 1.807) is 14.2 Å². The summed E-state index contributed by atoms with van der Waals surface area (Å²) in [5.74, 6) is 4.25. The summed E-state index contributed by atoms with van der Waals surface area (Å²) in [6.45, 7) is 6.90. The maximum absolute atomic E-state index is 11.9. The van der Waals surface area contributed by atoms with E-state index >= 15 is 0 Å². The highest BCUT2D eigenvalue weighted by Gasteiger charge is 2.14. The molecular formula is C20H28N2O4S. The zero-order chi connectivity index (χ0) is 19.8. The van der Waals surface area contributed by atoms with Gasteiger partial charge in [0, 0.05) is 17.9 Å². The first-order chi connectivity index (χ1) is 12.9. The second kappa shape index (κ2) is 10.3. The van der Waals surface area contributed by atoms with Gasteiger partial charge >= 0.3 is 0 Å². The Balaban J connectivity index is 1.93. The molecule has 27 heavy (non-hydrogen) atoms. The number of thioether (sulfide) groups is 1. The highest BCUT2D eigenvalue weighted by Crippen LogP contribution is 2.33. The highest BCUT2D eigenvalue weighted by atomic mass is 32.2. The van der Waals surface area contributed by atoms with Crippen molar-refractivity contribution in [3.05, 3.63) is 29.7 Å². The highest BCUT2D eigenvalue weighted by molar-refractivity contribution is 7.99. The van der Waals surface area contributed by atoms with Crippen molar-refractivity contribution in [2.24, 2.45) is 5.92 Å². The lowest BCUT2D eigenvalue weighted by Crippen LogP contribution is -2.26. The van der Waals surface area contributed by atoms with E-state index in [9.17, 15) is 4.79 Å². The van der Waals surface area contributed by atoms with Crippen LogP contribution in [-0.4, -0.2) is 37.4 Å². The molecule has 0 bridgehead atoms. The van der Waals surface area contributed by atoms with Crippen LogP contribution in [0.1, 0.15) is 31.7 Å². The van der Waals surface area contributed by atoms with Crippen LogP contribution >= 0.6 is 11.8 Å². The van der Waals surface area contributed by atoms with Crippen LogP contribution in [0.25, 0.3) is 11.5 Å². The molecule has 6 nitrogen and oxygen atoms in total. The van der Waals surface area contributed by atoms with Crippen LogP contribution in [0, 0.1) is 12.8 Å². The number of amides is 1. The number of benzene rings is 1. The summed E-state index contributed by atoms with van der Waals surface area (Å²) in [5.41, 5.74) is 1.66. The van der Waals surface area contributed by atoms with E-state index in [-0.39, 0.29) is 5.91 Å². The molecule has 2 aromatic rings. The fourth-order valence-electron chi connectivity index (χ4n) is 2.45. The van der Waals surface area contributed by atoms with E-state index in [1.807, 2.05) is 25.1 Å². The Morgan fingerprint density at radius 2 is 2.00 bits per heavy atom. The standard InChI is InChI=1S/C20H28N2O4S/c1-13(2)8-9-21-19(23)12-27-11-16-14(3)26-20(22-16)15-6-7-17(24-4)18(10-15)25-5/h6-7,10,13H,8-9,11-12H2,1-5H3,(H,21,23). The number of nitrogens with zero attached hydrogens (tertiary/aromatic N) is 1. The summed E-state index contributed by atoms with van der Waals surface area (Å²) in [6.07, 6.45) is 0.994. The lowest BCUT2D eigenvalue weighted by molar-refractivity contribution is -0.118. The largest absolute Gasteiger partial charge is 0.493 e. The quantitative estimate of drug-likeness (QED) is 0.657. The third kappa shape index (κ3) is 6.20. The Labute approximate surface area is 165 Å². The van der Waals surface area contributed by atoms with Gasteiger partial charge in [-0.1, -0.05) is 13.8 Å². The Kier molecular flexibility index (Phi) is 8.03. The molecule has 1 N–H and O–H groups in total. The molecule has 0 spiro atoms. The normalized spacial score (nSPS) is 10.9. The van der Waals surface area contributed by atoms with Gasteiger partial charge in [-0.2, -0.15) is 0 Å². The monoisotopic (exact) mass is 392 g/mol. The average molecular weight is 393 g/mol. The molecule has 7 heteroatoms. The first-order valence-electron chi connectivity index (χ1n) is 8.97. The van der Waals surface area contributed by atoms with Crippen LogP contribution in [0.2, 0.25) is 0 Å². The first-order valence-corrected chi connectivity index (χ1v) is 10.1. The minimum absolute atomic E-state index is 0.0573. The summed E-state index contributed by atoms with van der Waals surface area (Å²) >= 11 is 1.53. The summed E-state index contributed by atoms with van der Waals surface area (Å²) in [6, 6.07) is 5.54. The second-order valence-electron chi connectivity index (χ2n) is 6.62. The van der Waals surface area contributed by atoms with E-state index < -0.39 is 0 Å². The molecule has 1 amide bonds. The SMILES string of the molecule is COc1ccc(-c2nc(CSCC(=O)NCCC(C)C)c(C)o2)cc1OC. The molecule has 1 aromatic carbocycles. The lowest BCUT2D eigenvalue weighted by Gasteiger charge is -2.07. The van der Waals surface area contributed by atoms with Crippen LogP contribution in [-0.2, 0) is 10.5 Å². The number of hydrogen-bond acceptors (Lipinski definition) is 6. The number of hydrogen-bond donors (Lipinski definition) is 1. The van der Waals surface area contributed by atoms with Crippen molar-refractivity contribution >= 4 is 17.7 Å². The van der Waals surface area contributed by atoms with Crippen LogP contribution in [0.4, 0.5) is 0 Å². The molecule has 1 heterocycles. The molecule has 0 saturated carbocycles. The number of carbonyl (C=O) groups is 1. The molecule has 0 aliphatic carbocycles. The molecule has 1 aromatic heterocycles. The van der Waals surface area contributed by atoms with E-state index in [4.69, 9.17) is 13.9 Å². The van der Waals surface area contributed by atoms with E-state index in [1.165, 1.54) is 11.8 Å². The van der Waals surface area contributed by atoms with E-state index in [0.29, 0.717) is 34.8 Å². The fourth-order valence-corrected chi connectivity index (χ4v) is 3.30. The maximum atomic E-state index is 11.9. The van der Waals surface area contributed by atoms with Crippen LogP contribution in [0.5, 0.6) is 11.5 Å². The van der Waals surface area contributed by atoms with E-state index in [2.05, 4.69) is 24.1 Å². The molecular weight excluding hydrogens is 364 g/mol. The van der Waals surface area contributed by atoms with Crippen LogP contribution in [0.15, 0.2) is 22.6 Å². The van der Waals surface area contributed by atoms with Gasteiger partial charge in [-0.05, 0) is 37.5 Å². The third-order valence-corrected chi connectivity index (χ3v) is 4.98. The number of carbonyl (C=O) groups excluding carboxylic acids is 1. The van der Waals surface area contributed by atoms with Gasteiger partial charge in [-0.3, -0.25) is 4.79 Å². The minimum Gasteiger partial charge on any atom is -0.493 e. The van der Waals surface area contributed by atoms with Gasteiger partial charge in [-0.25, -0.2) is 4.98 Å². The molecule has 0 radical (unpaired) electrons. The molecule has 0 fully saturated rings. The zero-order valence-electron chi connectivity index (χ0n) is 16.6. The van der Waals surface area contributed by atoms with Crippen LogP contribution < -0.4 is 14.8 Å². The van der Waals surface area contributed by atoms with Gasteiger partial charge in [0.25, 0.3) is 0 Å². The van der Waals surface area contributed by atoms with Gasteiger partial charge in [0.15, 0.2) is 11.5 Å². The third-order valence-electron chi connectivity index (χ3n) is 4.04. The molecule has 148 valence electrons. The maximum Gasteiger partial charge on any atom is 0.230 e. The topological polar surface area (TPSA) is 73.6 Å². The molecule has 0 aliphatic rings. The Hall–Kier alpha value is -2.15. The van der Waals surface area contributed by atoms with Crippen molar-refractivity contribution in [1.29, 1.82) is 0 Å². The number of aromatic nitrogens is 1. The van der Waals surface area contributed by atoms with Gasteiger partial charge in [0.1, 0.15) is 5.76 Å². The van der Waals surface area contributed by atoms with Crippen molar-refractivity contribution in [2.45, 2.75) is 32.9 Å². The number of nitrogens with one attached hydrogen (secondary N) is 1. The summed E-state index contributed by atoms with van der Waals surface area (Å²) < 4.78 is 16.4. The predicted molar refractivity (Wildman–Crippen MR) is 108 cm³/mol. The van der Waals surface area contributed by atoms with Crippen molar-refractivity contribution in [3.63, 3.8) is 0 Å². The number of ether oxygens (including phenoxy) is 2. The lowest BCUT2D eigenvalue weighted by atomic mass is 10.1. The first kappa shape index (κ1) is 21.2. The molecule has 0 atom stereocenters.